The second-order valence-electron chi connectivity index (χ2n) is 4.09. The van der Waals surface area contributed by atoms with E-state index in [0.29, 0.717) is 6.04 Å². The molecule has 0 saturated carbocycles. The molecule has 3 heteroatoms. The smallest absolute Gasteiger partial charge is 0.0618 e. The summed E-state index contributed by atoms with van der Waals surface area (Å²) in [7, 11) is 6.05. The van der Waals surface area contributed by atoms with Crippen LogP contribution in [0.15, 0.2) is 0 Å². The van der Waals surface area contributed by atoms with Crippen LogP contribution in [0.4, 0.5) is 0 Å². The Morgan fingerprint density at radius 3 is 2.85 bits per heavy atom. The van der Waals surface area contributed by atoms with Crippen molar-refractivity contribution in [3.8, 4) is 0 Å². The second-order valence-corrected chi connectivity index (χ2v) is 4.09. The molecular weight excluding hydrogens is 164 g/mol. The summed E-state index contributed by atoms with van der Waals surface area (Å²) in [5.41, 5.74) is 0. The number of likely N-dealkylation sites (N-methyl/N-ethyl adjacent to an activating group) is 1. The van der Waals surface area contributed by atoms with Gasteiger partial charge in [0.15, 0.2) is 0 Å². The monoisotopic (exact) mass is 186 g/mol. The molecule has 0 aromatic heterocycles. The lowest BCUT2D eigenvalue weighted by atomic mass is 10.2. The number of nitrogens with zero attached hydrogens (tertiary/aromatic N) is 2. The van der Waals surface area contributed by atoms with E-state index in [-0.39, 0.29) is 0 Å². The standard InChI is InChI=1S/C10H22N2O/c1-11(2)7-8-12-6-4-5-10(12)9-13-3/h10H,4-9H2,1-3H3/t10-/m1/s1. The average Bonchev–Trinajstić information content (AvgIpc) is 2.49. The van der Waals surface area contributed by atoms with Crippen LogP contribution in [0.5, 0.6) is 0 Å². The molecule has 0 aliphatic carbocycles. The lowest BCUT2D eigenvalue weighted by Gasteiger charge is -2.25. The van der Waals surface area contributed by atoms with Gasteiger partial charge in [0.25, 0.3) is 0 Å². The van der Waals surface area contributed by atoms with Crippen LogP contribution in [0.3, 0.4) is 0 Å². The van der Waals surface area contributed by atoms with E-state index in [9.17, 15) is 0 Å². The molecule has 1 fully saturated rings. The highest BCUT2D eigenvalue weighted by atomic mass is 16.5. The highest BCUT2D eigenvalue weighted by Crippen LogP contribution is 2.16. The fourth-order valence-electron chi connectivity index (χ4n) is 1.90. The fraction of sp³-hybridized carbons (Fsp3) is 1.00. The molecule has 1 saturated heterocycles. The Hall–Kier alpha value is -0.120. The van der Waals surface area contributed by atoms with Gasteiger partial charge in [-0.1, -0.05) is 0 Å². The van der Waals surface area contributed by atoms with Gasteiger partial charge in [-0.05, 0) is 33.5 Å². The van der Waals surface area contributed by atoms with Gasteiger partial charge in [0.1, 0.15) is 0 Å². The fourth-order valence-corrected chi connectivity index (χ4v) is 1.90. The zero-order valence-electron chi connectivity index (χ0n) is 9.12. The van der Waals surface area contributed by atoms with Crippen molar-refractivity contribution in [2.75, 3.05) is 47.4 Å². The third-order valence-corrected chi connectivity index (χ3v) is 2.69. The molecule has 1 heterocycles. The Morgan fingerprint density at radius 2 is 2.23 bits per heavy atom. The van der Waals surface area contributed by atoms with Gasteiger partial charge in [0.05, 0.1) is 6.61 Å². The number of ether oxygens (including phenoxy) is 1. The normalized spacial score (nSPS) is 24.5. The average molecular weight is 186 g/mol. The predicted molar refractivity (Wildman–Crippen MR) is 55.0 cm³/mol. The number of hydrogen-bond donors (Lipinski definition) is 0. The van der Waals surface area contributed by atoms with Crippen LogP contribution < -0.4 is 0 Å². The van der Waals surface area contributed by atoms with Crippen LogP contribution in [-0.4, -0.2) is 63.3 Å². The molecule has 0 bridgehead atoms. The van der Waals surface area contributed by atoms with Crippen molar-refractivity contribution in [1.82, 2.24) is 9.80 Å². The highest BCUT2D eigenvalue weighted by Gasteiger charge is 2.23. The molecule has 1 aliphatic heterocycles. The van der Waals surface area contributed by atoms with Gasteiger partial charge in [0.2, 0.25) is 0 Å². The maximum atomic E-state index is 5.21. The lowest BCUT2D eigenvalue weighted by Crippen LogP contribution is -2.37. The van der Waals surface area contributed by atoms with Crippen molar-refractivity contribution in [3.63, 3.8) is 0 Å². The summed E-state index contributed by atoms with van der Waals surface area (Å²) in [5.74, 6) is 0. The van der Waals surface area contributed by atoms with Crippen molar-refractivity contribution >= 4 is 0 Å². The Labute approximate surface area is 81.7 Å². The third kappa shape index (κ3) is 3.63. The van der Waals surface area contributed by atoms with E-state index < -0.39 is 0 Å². The molecular formula is C10H22N2O. The summed E-state index contributed by atoms with van der Waals surface area (Å²) < 4.78 is 5.21. The summed E-state index contributed by atoms with van der Waals surface area (Å²) in [6.07, 6.45) is 2.64. The molecule has 0 amide bonds. The minimum absolute atomic E-state index is 0.671. The predicted octanol–water partition coefficient (Wildman–Crippen LogP) is 0.659. The zero-order valence-corrected chi connectivity index (χ0v) is 9.12. The van der Waals surface area contributed by atoms with Gasteiger partial charge in [-0.3, -0.25) is 4.90 Å². The quantitative estimate of drug-likeness (QED) is 0.627. The Kier molecular flexibility index (Phi) is 4.70. The summed E-state index contributed by atoms with van der Waals surface area (Å²) in [6.45, 7) is 4.48. The Bertz CT molecular complexity index is 139. The third-order valence-electron chi connectivity index (χ3n) is 2.69. The summed E-state index contributed by atoms with van der Waals surface area (Å²) in [6, 6.07) is 0.671. The Morgan fingerprint density at radius 1 is 1.46 bits per heavy atom. The van der Waals surface area contributed by atoms with E-state index in [1.54, 1.807) is 7.11 Å². The van der Waals surface area contributed by atoms with Gasteiger partial charge in [-0.25, -0.2) is 0 Å². The van der Waals surface area contributed by atoms with Crippen molar-refractivity contribution in [2.45, 2.75) is 18.9 Å². The molecule has 0 unspecified atom stereocenters. The molecule has 0 radical (unpaired) electrons. The molecule has 13 heavy (non-hydrogen) atoms. The van der Waals surface area contributed by atoms with Crippen LogP contribution >= 0.6 is 0 Å². The largest absolute Gasteiger partial charge is 0.383 e. The van der Waals surface area contributed by atoms with Crippen LogP contribution in [0.1, 0.15) is 12.8 Å². The van der Waals surface area contributed by atoms with E-state index in [1.807, 2.05) is 0 Å². The zero-order chi connectivity index (χ0) is 9.68. The summed E-state index contributed by atoms with van der Waals surface area (Å²) >= 11 is 0. The van der Waals surface area contributed by atoms with Crippen molar-refractivity contribution in [2.24, 2.45) is 0 Å². The first-order chi connectivity index (χ1) is 6.24. The van der Waals surface area contributed by atoms with Gasteiger partial charge in [-0.2, -0.15) is 0 Å². The molecule has 0 spiro atoms. The first-order valence-electron chi connectivity index (χ1n) is 5.11. The second kappa shape index (κ2) is 5.58. The lowest BCUT2D eigenvalue weighted by molar-refractivity contribution is 0.111. The van der Waals surface area contributed by atoms with Gasteiger partial charge in [-0.15, -0.1) is 0 Å². The maximum Gasteiger partial charge on any atom is 0.0618 e. The number of hydrogen-bond acceptors (Lipinski definition) is 3. The van der Waals surface area contributed by atoms with E-state index >= 15 is 0 Å². The van der Waals surface area contributed by atoms with Crippen LogP contribution in [0.25, 0.3) is 0 Å². The number of rotatable bonds is 5. The molecule has 0 aromatic carbocycles. The first-order valence-corrected chi connectivity index (χ1v) is 5.11. The topological polar surface area (TPSA) is 15.7 Å². The van der Waals surface area contributed by atoms with E-state index in [4.69, 9.17) is 4.74 Å². The van der Waals surface area contributed by atoms with Crippen LogP contribution in [0.2, 0.25) is 0 Å². The molecule has 0 N–H and O–H groups in total. The van der Waals surface area contributed by atoms with E-state index in [2.05, 4.69) is 23.9 Å². The van der Waals surface area contributed by atoms with Gasteiger partial charge < -0.3 is 9.64 Å². The molecule has 1 atom stereocenters. The molecule has 78 valence electrons. The van der Waals surface area contributed by atoms with Crippen LogP contribution in [-0.2, 0) is 4.74 Å². The van der Waals surface area contributed by atoms with Crippen molar-refractivity contribution in [3.05, 3.63) is 0 Å². The van der Waals surface area contributed by atoms with Gasteiger partial charge in [0, 0.05) is 26.2 Å². The van der Waals surface area contributed by atoms with E-state index in [0.717, 1.165) is 13.2 Å². The summed E-state index contributed by atoms with van der Waals surface area (Å²) in [5, 5.41) is 0. The number of likely N-dealkylation sites (tertiary alicyclic amines) is 1. The van der Waals surface area contributed by atoms with Crippen molar-refractivity contribution < 1.29 is 4.74 Å². The molecule has 3 nitrogen and oxygen atoms in total. The maximum absolute atomic E-state index is 5.21. The minimum atomic E-state index is 0.671. The van der Waals surface area contributed by atoms with E-state index in [1.165, 1.54) is 25.9 Å². The minimum Gasteiger partial charge on any atom is -0.383 e. The molecule has 1 rings (SSSR count). The highest BCUT2D eigenvalue weighted by molar-refractivity contribution is 4.78. The SMILES string of the molecule is COC[C@H]1CCCN1CCN(C)C. The van der Waals surface area contributed by atoms with Crippen molar-refractivity contribution in [1.29, 1.82) is 0 Å². The van der Waals surface area contributed by atoms with Gasteiger partial charge >= 0.3 is 0 Å². The first kappa shape index (κ1) is 11.0. The van der Waals surface area contributed by atoms with Crippen LogP contribution in [0, 0.1) is 0 Å². The Balaban J connectivity index is 2.22. The summed E-state index contributed by atoms with van der Waals surface area (Å²) in [4.78, 5) is 4.78. The molecule has 1 aliphatic rings. The molecule has 0 aromatic rings. The number of methoxy groups -OCH3 is 1.